The molecule has 1 aliphatic rings. The van der Waals surface area contributed by atoms with Crippen molar-refractivity contribution >= 4 is 34.1 Å². The molecule has 2 heterocycles. The number of aromatic nitrogens is 1. The number of piperidine rings is 1. The van der Waals surface area contributed by atoms with E-state index in [0.29, 0.717) is 11.8 Å². The van der Waals surface area contributed by atoms with E-state index < -0.39 is 0 Å². The van der Waals surface area contributed by atoms with Gasteiger partial charge in [-0.05, 0) is 43.5 Å². The molecule has 1 aliphatic heterocycles. The van der Waals surface area contributed by atoms with Crippen LogP contribution in [0.3, 0.4) is 0 Å². The van der Waals surface area contributed by atoms with Crippen molar-refractivity contribution in [2.24, 2.45) is 5.92 Å². The molecule has 1 saturated heterocycles. The van der Waals surface area contributed by atoms with Crippen molar-refractivity contribution in [3.8, 4) is 0 Å². The molecule has 6 heteroatoms. The maximum atomic E-state index is 12.4. The molecule has 1 fully saturated rings. The van der Waals surface area contributed by atoms with Gasteiger partial charge in [-0.2, -0.15) is 0 Å². The Kier molecular flexibility index (Phi) is 6.51. The molecule has 1 atom stereocenters. The summed E-state index contributed by atoms with van der Waals surface area (Å²) >= 11 is 3.34. The minimum Gasteiger partial charge on any atom is -0.317 e. The lowest BCUT2D eigenvalue weighted by atomic mass is 9.97. The van der Waals surface area contributed by atoms with Crippen LogP contribution in [-0.4, -0.2) is 35.0 Å². The largest absolute Gasteiger partial charge is 0.317 e. The summed E-state index contributed by atoms with van der Waals surface area (Å²) in [5.74, 6) is 1.97. The Labute approximate surface area is 135 Å². The fourth-order valence-electron chi connectivity index (χ4n) is 2.57. The summed E-state index contributed by atoms with van der Waals surface area (Å²) in [6, 6.07) is 0. The molecule has 0 saturated carbocycles. The minimum atomic E-state index is 0.00114. The molecule has 1 unspecified atom stereocenters. The van der Waals surface area contributed by atoms with Crippen LogP contribution in [0.4, 0.5) is 5.13 Å². The molecule has 118 valence electrons. The van der Waals surface area contributed by atoms with Crippen LogP contribution in [0.2, 0.25) is 0 Å². The number of amides is 1. The predicted octanol–water partition coefficient (Wildman–Crippen LogP) is 3.33. The van der Waals surface area contributed by atoms with Crippen LogP contribution in [0.15, 0.2) is 6.20 Å². The molecule has 2 N–H and O–H groups in total. The maximum Gasteiger partial charge on any atom is 0.239 e. The summed E-state index contributed by atoms with van der Waals surface area (Å²) in [4.78, 5) is 18.0. The van der Waals surface area contributed by atoms with Crippen molar-refractivity contribution in [1.82, 2.24) is 10.3 Å². The number of rotatable bonds is 6. The number of nitrogens with one attached hydrogen (secondary N) is 2. The third-order valence-electron chi connectivity index (χ3n) is 3.71. The molecular weight excluding hydrogens is 302 g/mol. The Bertz CT molecular complexity index is 456. The van der Waals surface area contributed by atoms with E-state index >= 15 is 0 Å². The first-order valence-corrected chi connectivity index (χ1v) is 9.57. The number of anilines is 1. The van der Waals surface area contributed by atoms with Gasteiger partial charge in [0, 0.05) is 11.1 Å². The Morgan fingerprint density at radius 1 is 1.52 bits per heavy atom. The zero-order chi connectivity index (χ0) is 15.2. The third-order valence-corrected chi connectivity index (χ3v) is 6.23. The number of hydrogen-bond acceptors (Lipinski definition) is 5. The SMILES string of the molecule is CCSC(C(=O)Nc1ncc(C2CCNCC2)s1)C(C)C. The van der Waals surface area contributed by atoms with Gasteiger partial charge in [-0.3, -0.25) is 4.79 Å². The first-order chi connectivity index (χ1) is 10.1. The zero-order valence-corrected chi connectivity index (χ0v) is 14.6. The second-order valence-corrected chi connectivity index (χ2v) is 8.18. The van der Waals surface area contributed by atoms with Crippen LogP contribution < -0.4 is 10.6 Å². The second kappa shape index (κ2) is 8.15. The molecule has 0 radical (unpaired) electrons. The third kappa shape index (κ3) is 4.69. The molecule has 0 aliphatic carbocycles. The van der Waals surface area contributed by atoms with Gasteiger partial charge in [-0.1, -0.05) is 20.8 Å². The van der Waals surface area contributed by atoms with Crippen molar-refractivity contribution in [3.05, 3.63) is 11.1 Å². The number of thiazole rings is 1. The average Bonchev–Trinajstić information content (AvgIpc) is 2.93. The summed E-state index contributed by atoms with van der Waals surface area (Å²) in [7, 11) is 0. The van der Waals surface area contributed by atoms with Crippen LogP contribution in [0.5, 0.6) is 0 Å². The van der Waals surface area contributed by atoms with Crippen molar-refractivity contribution in [2.45, 2.75) is 44.8 Å². The standard InChI is InChI=1S/C15H25N3OS2/c1-4-20-13(10(2)3)14(19)18-15-17-9-12(21-15)11-5-7-16-8-6-11/h9-11,13,16H,4-8H2,1-3H3,(H,17,18,19). The monoisotopic (exact) mass is 327 g/mol. The molecule has 21 heavy (non-hydrogen) atoms. The van der Waals surface area contributed by atoms with E-state index in [9.17, 15) is 4.79 Å². The predicted molar refractivity (Wildman–Crippen MR) is 92.3 cm³/mol. The second-order valence-electron chi connectivity index (χ2n) is 5.70. The number of thioether (sulfide) groups is 1. The first-order valence-electron chi connectivity index (χ1n) is 7.70. The van der Waals surface area contributed by atoms with Gasteiger partial charge in [0.2, 0.25) is 5.91 Å². The molecule has 0 bridgehead atoms. The summed E-state index contributed by atoms with van der Waals surface area (Å²) < 4.78 is 0. The van der Waals surface area contributed by atoms with Gasteiger partial charge in [0.25, 0.3) is 0 Å². The van der Waals surface area contributed by atoms with Crippen molar-refractivity contribution < 1.29 is 4.79 Å². The van der Waals surface area contributed by atoms with Gasteiger partial charge >= 0.3 is 0 Å². The van der Waals surface area contributed by atoms with E-state index in [1.807, 2.05) is 6.20 Å². The molecule has 0 aromatic carbocycles. The summed E-state index contributed by atoms with van der Waals surface area (Å²) in [6.45, 7) is 8.43. The Morgan fingerprint density at radius 2 is 2.24 bits per heavy atom. The smallest absolute Gasteiger partial charge is 0.239 e. The summed E-state index contributed by atoms with van der Waals surface area (Å²) in [6.07, 6.45) is 4.26. The summed E-state index contributed by atoms with van der Waals surface area (Å²) in [5.41, 5.74) is 0. The molecule has 4 nitrogen and oxygen atoms in total. The van der Waals surface area contributed by atoms with Crippen LogP contribution in [-0.2, 0) is 4.79 Å². The average molecular weight is 328 g/mol. The highest BCUT2D eigenvalue weighted by molar-refractivity contribution is 8.00. The Hall–Kier alpha value is -0.590. The minimum absolute atomic E-state index is 0.00114. The molecule has 2 rings (SSSR count). The maximum absolute atomic E-state index is 12.4. The number of carbonyl (C=O) groups is 1. The topological polar surface area (TPSA) is 54.0 Å². The van der Waals surface area contributed by atoms with E-state index in [1.165, 1.54) is 4.88 Å². The zero-order valence-electron chi connectivity index (χ0n) is 13.0. The number of carbonyl (C=O) groups excluding carboxylic acids is 1. The number of nitrogens with zero attached hydrogens (tertiary/aromatic N) is 1. The van der Waals surface area contributed by atoms with Gasteiger partial charge in [0.05, 0.1) is 5.25 Å². The van der Waals surface area contributed by atoms with Crippen molar-refractivity contribution in [1.29, 1.82) is 0 Å². The number of hydrogen-bond donors (Lipinski definition) is 2. The van der Waals surface area contributed by atoms with E-state index in [1.54, 1.807) is 23.1 Å². The Morgan fingerprint density at radius 3 is 2.86 bits per heavy atom. The van der Waals surface area contributed by atoms with Crippen molar-refractivity contribution in [2.75, 3.05) is 24.2 Å². The lowest BCUT2D eigenvalue weighted by Gasteiger charge is -2.20. The summed E-state index contributed by atoms with van der Waals surface area (Å²) in [5, 5.41) is 7.12. The molecule has 1 aromatic heterocycles. The molecule has 1 aromatic rings. The first kappa shape index (κ1) is 16.8. The van der Waals surface area contributed by atoms with E-state index in [4.69, 9.17) is 0 Å². The van der Waals surface area contributed by atoms with Gasteiger partial charge in [-0.25, -0.2) is 4.98 Å². The van der Waals surface area contributed by atoms with Crippen molar-refractivity contribution in [3.63, 3.8) is 0 Å². The molecular formula is C15H25N3OS2. The van der Waals surface area contributed by atoms with Crippen LogP contribution in [0.1, 0.15) is 44.4 Å². The normalized spacial score (nSPS) is 17.9. The van der Waals surface area contributed by atoms with E-state index in [2.05, 4.69) is 36.4 Å². The van der Waals surface area contributed by atoms with Crippen LogP contribution >= 0.6 is 23.1 Å². The van der Waals surface area contributed by atoms with Gasteiger partial charge in [-0.15, -0.1) is 23.1 Å². The lowest BCUT2D eigenvalue weighted by Crippen LogP contribution is -2.29. The van der Waals surface area contributed by atoms with Crippen LogP contribution in [0, 0.1) is 5.92 Å². The van der Waals surface area contributed by atoms with Gasteiger partial charge < -0.3 is 10.6 Å². The quantitative estimate of drug-likeness (QED) is 0.841. The highest BCUT2D eigenvalue weighted by Crippen LogP contribution is 2.32. The van der Waals surface area contributed by atoms with E-state index in [-0.39, 0.29) is 11.2 Å². The highest BCUT2D eigenvalue weighted by atomic mass is 32.2. The highest BCUT2D eigenvalue weighted by Gasteiger charge is 2.24. The fraction of sp³-hybridized carbons (Fsp3) is 0.733. The molecule has 1 amide bonds. The van der Waals surface area contributed by atoms with Gasteiger partial charge in [0.1, 0.15) is 0 Å². The van der Waals surface area contributed by atoms with E-state index in [0.717, 1.165) is 36.8 Å². The molecule has 0 spiro atoms. The van der Waals surface area contributed by atoms with Gasteiger partial charge in [0.15, 0.2) is 5.13 Å². The Balaban J connectivity index is 1.96. The van der Waals surface area contributed by atoms with Crippen LogP contribution in [0.25, 0.3) is 0 Å². The lowest BCUT2D eigenvalue weighted by molar-refractivity contribution is -0.116. The fourth-order valence-corrected chi connectivity index (χ4v) is 4.51.